The number of halogens is 4. The van der Waals surface area contributed by atoms with Crippen molar-refractivity contribution in [3.8, 4) is 0 Å². The third kappa shape index (κ3) is 4.21. The van der Waals surface area contributed by atoms with E-state index in [1.54, 1.807) is 0 Å². The molecule has 0 bridgehead atoms. The summed E-state index contributed by atoms with van der Waals surface area (Å²) in [5.74, 6) is 1.97. The third-order valence-electron chi connectivity index (χ3n) is 1.83. The lowest BCUT2D eigenvalue weighted by atomic mass is 10.3. The lowest BCUT2D eigenvalue weighted by Gasteiger charge is -2.11. The highest BCUT2D eigenvalue weighted by Crippen LogP contribution is 2.35. The molecule has 90 valence electrons. The van der Waals surface area contributed by atoms with Crippen LogP contribution in [0.2, 0.25) is 0 Å². The highest BCUT2D eigenvalue weighted by Gasteiger charge is 2.27. The van der Waals surface area contributed by atoms with E-state index in [0.29, 0.717) is 30.4 Å². The summed E-state index contributed by atoms with van der Waals surface area (Å²) in [7, 11) is 0. The van der Waals surface area contributed by atoms with Crippen LogP contribution in [0.15, 0.2) is 0 Å². The van der Waals surface area contributed by atoms with Gasteiger partial charge in [0.05, 0.1) is 0 Å². The van der Waals surface area contributed by atoms with E-state index in [1.165, 1.54) is 0 Å². The maximum atomic E-state index is 5.75. The van der Waals surface area contributed by atoms with Gasteiger partial charge in [-0.1, -0.05) is 41.7 Å². The second-order valence-corrected chi connectivity index (χ2v) is 5.79. The average Bonchev–Trinajstić information content (AvgIpc) is 2.24. The van der Waals surface area contributed by atoms with Crippen molar-refractivity contribution in [2.75, 3.05) is 5.88 Å². The number of rotatable bonds is 4. The fourth-order valence-corrected chi connectivity index (χ4v) is 1.48. The van der Waals surface area contributed by atoms with Crippen LogP contribution in [-0.4, -0.2) is 20.8 Å². The molecule has 0 N–H and O–H groups in total. The summed E-state index contributed by atoms with van der Waals surface area (Å²) < 4.78 is -1.61. The topological polar surface area (TPSA) is 38.7 Å². The van der Waals surface area contributed by atoms with E-state index in [2.05, 4.69) is 15.0 Å². The summed E-state index contributed by atoms with van der Waals surface area (Å²) in [5, 5.41) is 0. The average molecular weight is 303 g/mol. The van der Waals surface area contributed by atoms with Gasteiger partial charge in [-0.15, -0.1) is 11.6 Å². The number of nitrogens with zero attached hydrogens (tertiary/aromatic N) is 3. The molecule has 0 spiro atoms. The third-order valence-corrected chi connectivity index (χ3v) is 2.61. The lowest BCUT2D eigenvalue weighted by Crippen LogP contribution is -2.14. The van der Waals surface area contributed by atoms with Gasteiger partial charge in [-0.2, -0.15) is 0 Å². The van der Waals surface area contributed by atoms with Crippen molar-refractivity contribution in [2.45, 2.75) is 30.0 Å². The molecule has 0 aliphatic rings. The van der Waals surface area contributed by atoms with Gasteiger partial charge in [0.1, 0.15) is 11.6 Å². The Morgan fingerprint density at radius 3 is 2.19 bits per heavy atom. The molecule has 1 aromatic heterocycles. The Hall–Kier alpha value is 0.170. The van der Waals surface area contributed by atoms with Crippen molar-refractivity contribution in [3.63, 3.8) is 0 Å². The summed E-state index contributed by atoms with van der Waals surface area (Å²) in [5.41, 5.74) is 0. The molecule has 7 heteroatoms. The first kappa shape index (κ1) is 14.2. The zero-order valence-corrected chi connectivity index (χ0v) is 11.7. The molecule has 0 fully saturated rings. The van der Waals surface area contributed by atoms with Crippen LogP contribution in [-0.2, 0) is 16.6 Å². The van der Waals surface area contributed by atoms with E-state index in [-0.39, 0.29) is 5.82 Å². The Balaban J connectivity index is 3.01. The van der Waals surface area contributed by atoms with Crippen LogP contribution in [0.3, 0.4) is 0 Å². The first-order chi connectivity index (χ1) is 7.47. The highest BCUT2D eigenvalue weighted by atomic mass is 35.6. The van der Waals surface area contributed by atoms with Crippen LogP contribution in [0.1, 0.15) is 30.8 Å². The van der Waals surface area contributed by atoms with Crippen molar-refractivity contribution in [2.24, 2.45) is 0 Å². The Morgan fingerprint density at radius 1 is 1.06 bits per heavy atom. The molecular formula is C9H11Cl4N3. The molecule has 1 heterocycles. The molecule has 16 heavy (non-hydrogen) atoms. The van der Waals surface area contributed by atoms with Crippen molar-refractivity contribution >= 4 is 46.4 Å². The van der Waals surface area contributed by atoms with Gasteiger partial charge in [-0.05, 0) is 6.42 Å². The van der Waals surface area contributed by atoms with Gasteiger partial charge in [0.2, 0.25) is 3.79 Å². The Kier molecular flexibility index (Phi) is 5.51. The minimum Gasteiger partial charge on any atom is -0.218 e. The van der Waals surface area contributed by atoms with Crippen LogP contribution in [0.25, 0.3) is 0 Å². The number of alkyl halides is 4. The number of hydrogen-bond acceptors (Lipinski definition) is 3. The summed E-state index contributed by atoms with van der Waals surface area (Å²) in [6.45, 7) is 1.93. The molecule has 0 saturated heterocycles. The van der Waals surface area contributed by atoms with Crippen LogP contribution >= 0.6 is 46.4 Å². The van der Waals surface area contributed by atoms with Crippen LogP contribution in [0.5, 0.6) is 0 Å². The Labute approximate surface area is 114 Å². The van der Waals surface area contributed by atoms with Crippen LogP contribution < -0.4 is 0 Å². The molecule has 0 saturated carbocycles. The Morgan fingerprint density at radius 2 is 1.69 bits per heavy atom. The lowest BCUT2D eigenvalue weighted by molar-refractivity contribution is 0.748. The first-order valence-corrected chi connectivity index (χ1v) is 6.51. The summed E-state index contributed by atoms with van der Waals surface area (Å²) in [4.78, 5) is 12.4. The van der Waals surface area contributed by atoms with Gasteiger partial charge < -0.3 is 0 Å². The molecule has 0 aliphatic heterocycles. The monoisotopic (exact) mass is 301 g/mol. The van der Waals surface area contributed by atoms with Gasteiger partial charge in [0.15, 0.2) is 5.82 Å². The molecule has 0 atom stereocenters. The van der Waals surface area contributed by atoms with Crippen LogP contribution in [0, 0.1) is 0 Å². The van der Waals surface area contributed by atoms with Gasteiger partial charge in [-0.3, -0.25) is 0 Å². The smallest absolute Gasteiger partial charge is 0.218 e. The van der Waals surface area contributed by atoms with Crippen molar-refractivity contribution in [1.82, 2.24) is 15.0 Å². The zero-order chi connectivity index (χ0) is 12.2. The number of aromatic nitrogens is 3. The Bertz CT molecular complexity index is 351. The van der Waals surface area contributed by atoms with Gasteiger partial charge in [-0.25, -0.2) is 15.0 Å². The van der Waals surface area contributed by atoms with E-state index in [4.69, 9.17) is 46.4 Å². The van der Waals surface area contributed by atoms with Crippen LogP contribution in [0.4, 0.5) is 0 Å². The van der Waals surface area contributed by atoms with Gasteiger partial charge in [0.25, 0.3) is 0 Å². The van der Waals surface area contributed by atoms with Crippen molar-refractivity contribution in [3.05, 3.63) is 17.5 Å². The zero-order valence-electron chi connectivity index (χ0n) is 8.68. The van der Waals surface area contributed by atoms with E-state index in [9.17, 15) is 0 Å². The maximum Gasteiger partial charge on any atom is 0.250 e. The standard InChI is InChI=1S/C9H11Cl4N3/c1-2-6-14-7(4-3-5-10)16-8(15-6)9(11,12)13/h2-5H2,1H3. The van der Waals surface area contributed by atoms with Gasteiger partial charge in [0, 0.05) is 18.7 Å². The molecule has 3 nitrogen and oxygen atoms in total. The number of aryl methyl sites for hydroxylation is 2. The molecule has 1 rings (SSSR count). The molecule has 0 radical (unpaired) electrons. The normalized spacial score (nSPS) is 11.8. The fourth-order valence-electron chi connectivity index (χ4n) is 1.09. The SMILES string of the molecule is CCc1nc(CCCCl)nc(C(Cl)(Cl)Cl)n1. The fraction of sp³-hybridized carbons (Fsp3) is 0.667. The molecule has 0 aromatic carbocycles. The van der Waals surface area contributed by atoms with Crippen molar-refractivity contribution < 1.29 is 0 Å². The predicted octanol–water partition coefficient (Wildman–Crippen LogP) is 3.43. The molecule has 1 aromatic rings. The molecular weight excluding hydrogens is 292 g/mol. The minimum atomic E-state index is -1.61. The number of hydrogen-bond donors (Lipinski definition) is 0. The van der Waals surface area contributed by atoms with Gasteiger partial charge >= 0.3 is 0 Å². The molecule has 0 aliphatic carbocycles. The van der Waals surface area contributed by atoms with E-state index in [1.807, 2.05) is 6.92 Å². The van der Waals surface area contributed by atoms with E-state index in [0.717, 1.165) is 6.42 Å². The molecule has 0 unspecified atom stereocenters. The van der Waals surface area contributed by atoms with E-state index < -0.39 is 3.79 Å². The largest absolute Gasteiger partial charge is 0.250 e. The summed E-state index contributed by atoms with van der Waals surface area (Å²) in [6, 6.07) is 0. The second kappa shape index (κ2) is 6.20. The highest BCUT2D eigenvalue weighted by molar-refractivity contribution is 6.66. The maximum absolute atomic E-state index is 5.75. The second-order valence-electron chi connectivity index (χ2n) is 3.14. The molecule has 0 amide bonds. The summed E-state index contributed by atoms with van der Waals surface area (Å²) >= 11 is 22.8. The quantitative estimate of drug-likeness (QED) is 0.800. The predicted molar refractivity (Wildman–Crippen MR) is 67.5 cm³/mol. The first-order valence-electron chi connectivity index (χ1n) is 4.84. The van der Waals surface area contributed by atoms with E-state index >= 15 is 0 Å². The van der Waals surface area contributed by atoms with Crippen molar-refractivity contribution in [1.29, 1.82) is 0 Å². The summed E-state index contributed by atoms with van der Waals surface area (Å²) in [6.07, 6.45) is 2.12. The minimum absolute atomic E-state index is 0.175.